The zero-order chi connectivity index (χ0) is 15.1. The molecule has 1 heterocycles. The fourth-order valence-electron chi connectivity index (χ4n) is 1.92. The van der Waals surface area contributed by atoms with E-state index in [4.69, 9.17) is 4.43 Å². The highest BCUT2D eigenvalue weighted by Gasteiger charge is 2.41. The number of hydrogen-bond acceptors (Lipinski definition) is 2. The van der Waals surface area contributed by atoms with Crippen molar-refractivity contribution >= 4 is 30.9 Å². The lowest BCUT2D eigenvalue weighted by Crippen LogP contribution is -2.49. The fourth-order valence-corrected chi connectivity index (χ4v) is 4.35. The first-order chi connectivity index (χ1) is 8.34. The van der Waals surface area contributed by atoms with Crippen LogP contribution in [0, 0.1) is 10.6 Å². The maximum Gasteiger partial charge on any atom is 0.192 e. The highest BCUT2D eigenvalue weighted by atomic mass is 127. The topological polar surface area (TPSA) is 27.1 Å². The van der Waals surface area contributed by atoms with Crippen LogP contribution in [0.2, 0.25) is 18.1 Å². The number of nitrogens with zero attached hydrogens (tertiary/aromatic N) is 2. The number of hydrogen-bond donors (Lipinski definition) is 0. The highest BCUT2D eigenvalue weighted by molar-refractivity contribution is 14.1. The lowest BCUT2D eigenvalue weighted by Gasteiger charge is -2.43. The molecule has 0 atom stereocenters. The van der Waals surface area contributed by atoms with E-state index >= 15 is 0 Å². The minimum atomic E-state index is -1.74. The molecule has 0 radical (unpaired) electrons. The van der Waals surface area contributed by atoms with E-state index in [-0.39, 0.29) is 10.6 Å². The summed E-state index contributed by atoms with van der Waals surface area (Å²) in [7, 11) is -1.74. The molecule has 0 saturated heterocycles. The lowest BCUT2D eigenvalue weighted by atomic mass is 10.1. The summed E-state index contributed by atoms with van der Waals surface area (Å²) in [6, 6.07) is 0. The van der Waals surface area contributed by atoms with E-state index in [9.17, 15) is 0 Å². The third kappa shape index (κ3) is 4.56. The van der Waals surface area contributed by atoms with Gasteiger partial charge in [-0.3, -0.25) is 0 Å². The predicted octanol–water partition coefficient (Wildman–Crippen LogP) is 4.60. The van der Waals surface area contributed by atoms with Gasteiger partial charge in [0, 0.05) is 6.20 Å². The summed E-state index contributed by atoms with van der Waals surface area (Å²) in [6.07, 6.45) is 2.09. The first-order valence-corrected chi connectivity index (χ1v) is 10.7. The summed E-state index contributed by atoms with van der Waals surface area (Å²) in [6.45, 7) is 18.7. The molecular formula is C14H27IN2OSi. The molecule has 0 aliphatic heterocycles. The highest BCUT2D eigenvalue weighted by Crippen LogP contribution is 2.39. The Morgan fingerprint density at radius 2 is 1.79 bits per heavy atom. The van der Waals surface area contributed by atoms with Crippen molar-refractivity contribution in [3.63, 3.8) is 0 Å². The third-order valence-corrected chi connectivity index (χ3v) is 9.03. The van der Waals surface area contributed by atoms with E-state index in [0.29, 0.717) is 0 Å². The molecular weight excluding hydrogens is 367 g/mol. The average Bonchev–Trinajstić information content (AvgIpc) is 2.39. The molecule has 0 N–H and O–H groups in total. The minimum absolute atomic E-state index is 0.169. The molecule has 0 aliphatic carbocycles. The first-order valence-electron chi connectivity index (χ1n) is 6.73. The number of aryl methyl sites for hydroxylation is 1. The van der Waals surface area contributed by atoms with Gasteiger partial charge in [0.05, 0.1) is 12.1 Å². The maximum atomic E-state index is 6.55. The zero-order valence-corrected chi connectivity index (χ0v) is 16.6. The van der Waals surface area contributed by atoms with Crippen molar-refractivity contribution in [2.75, 3.05) is 0 Å². The molecule has 1 aromatic rings. The van der Waals surface area contributed by atoms with Crippen LogP contribution in [0.4, 0.5) is 0 Å². The standard InChI is InChI=1S/C14H27IN2OSi/c1-11-16-12(15)9-17(11)10-14(5,6)18-19(7,8)13(2,3)4/h9H,10H2,1-8H3. The smallest absolute Gasteiger partial charge is 0.192 e. The molecule has 1 rings (SSSR count). The van der Waals surface area contributed by atoms with Gasteiger partial charge in [-0.25, -0.2) is 4.98 Å². The van der Waals surface area contributed by atoms with Gasteiger partial charge in [0.1, 0.15) is 9.53 Å². The first kappa shape index (κ1) is 17.2. The summed E-state index contributed by atoms with van der Waals surface area (Å²) in [5.74, 6) is 1.05. The Balaban J connectivity index is 2.85. The molecule has 0 aromatic carbocycles. The van der Waals surface area contributed by atoms with Crippen LogP contribution in [-0.4, -0.2) is 23.5 Å². The van der Waals surface area contributed by atoms with Crippen LogP contribution in [0.5, 0.6) is 0 Å². The van der Waals surface area contributed by atoms with Crippen molar-refractivity contribution < 1.29 is 4.43 Å². The van der Waals surface area contributed by atoms with Gasteiger partial charge < -0.3 is 8.99 Å². The van der Waals surface area contributed by atoms with Crippen LogP contribution < -0.4 is 0 Å². The molecule has 0 amide bonds. The van der Waals surface area contributed by atoms with Crippen molar-refractivity contribution in [3.8, 4) is 0 Å². The second-order valence-corrected chi connectivity index (χ2v) is 13.2. The molecule has 0 fully saturated rings. The molecule has 5 heteroatoms. The van der Waals surface area contributed by atoms with Crippen molar-refractivity contribution in [2.45, 2.75) is 71.8 Å². The second-order valence-electron chi connectivity index (χ2n) is 7.36. The molecule has 19 heavy (non-hydrogen) atoms. The van der Waals surface area contributed by atoms with Crippen LogP contribution in [0.3, 0.4) is 0 Å². The van der Waals surface area contributed by atoms with E-state index in [1.54, 1.807) is 0 Å². The van der Waals surface area contributed by atoms with Gasteiger partial charge in [-0.05, 0) is 61.5 Å². The number of rotatable bonds is 4. The second kappa shape index (κ2) is 5.48. The van der Waals surface area contributed by atoms with Crippen molar-refractivity contribution in [2.24, 2.45) is 0 Å². The largest absolute Gasteiger partial charge is 0.410 e. The van der Waals surface area contributed by atoms with E-state index in [0.717, 1.165) is 16.1 Å². The van der Waals surface area contributed by atoms with Gasteiger partial charge in [-0.15, -0.1) is 0 Å². The third-order valence-electron chi connectivity index (χ3n) is 3.84. The van der Waals surface area contributed by atoms with Crippen LogP contribution in [0.25, 0.3) is 0 Å². The summed E-state index contributed by atoms with van der Waals surface area (Å²) in [5, 5.41) is 0.239. The normalized spacial score (nSPS) is 13.9. The Kier molecular flexibility index (Phi) is 4.95. The molecule has 0 bridgehead atoms. The van der Waals surface area contributed by atoms with Crippen molar-refractivity contribution in [1.29, 1.82) is 0 Å². The van der Waals surface area contributed by atoms with Gasteiger partial charge in [0.2, 0.25) is 0 Å². The summed E-state index contributed by atoms with van der Waals surface area (Å²) < 4.78 is 9.78. The van der Waals surface area contributed by atoms with Gasteiger partial charge in [-0.2, -0.15) is 0 Å². The lowest BCUT2D eigenvalue weighted by molar-refractivity contribution is 0.0723. The van der Waals surface area contributed by atoms with Crippen LogP contribution in [0.15, 0.2) is 6.20 Å². The summed E-state index contributed by atoms with van der Waals surface area (Å²) in [4.78, 5) is 4.45. The Hall–Kier alpha value is 0.117. The van der Waals surface area contributed by atoms with E-state index < -0.39 is 8.32 Å². The van der Waals surface area contributed by atoms with Crippen LogP contribution in [0.1, 0.15) is 40.4 Å². The summed E-state index contributed by atoms with van der Waals surface area (Å²) in [5.41, 5.74) is -0.169. The number of aromatic nitrogens is 2. The monoisotopic (exact) mass is 394 g/mol. The fraction of sp³-hybridized carbons (Fsp3) is 0.786. The van der Waals surface area contributed by atoms with Crippen LogP contribution >= 0.6 is 22.6 Å². The molecule has 110 valence electrons. The molecule has 1 aromatic heterocycles. The molecule has 3 nitrogen and oxygen atoms in total. The van der Waals surface area contributed by atoms with Gasteiger partial charge in [0.15, 0.2) is 8.32 Å². The summed E-state index contributed by atoms with van der Waals surface area (Å²) >= 11 is 2.25. The molecule has 0 aliphatic rings. The minimum Gasteiger partial charge on any atom is -0.410 e. The van der Waals surface area contributed by atoms with Crippen molar-refractivity contribution in [1.82, 2.24) is 9.55 Å². The number of imidazole rings is 1. The zero-order valence-electron chi connectivity index (χ0n) is 13.5. The molecule has 0 spiro atoms. The quantitative estimate of drug-likeness (QED) is 0.552. The van der Waals surface area contributed by atoms with Gasteiger partial charge in [0.25, 0.3) is 0 Å². The van der Waals surface area contributed by atoms with Crippen LogP contribution in [-0.2, 0) is 11.0 Å². The number of halogens is 1. The predicted molar refractivity (Wildman–Crippen MR) is 92.0 cm³/mol. The van der Waals surface area contributed by atoms with E-state index in [1.807, 2.05) is 6.92 Å². The van der Waals surface area contributed by atoms with Crippen molar-refractivity contribution in [3.05, 3.63) is 15.7 Å². The SMILES string of the molecule is Cc1nc(I)cn1CC(C)(C)O[Si](C)(C)C(C)(C)C. The Morgan fingerprint density at radius 1 is 1.26 bits per heavy atom. The van der Waals surface area contributed by atoms with E-state index in [1.165, 1.54) is 0 Å². The average molecular weight is 394 g/mol. The Morgan fingerprint density at radius 3 is 2.16 bits per heavy atom. The van der Waals surface area contributed by atoms with E-state index in [2.05, 4.69) is 86.1 Å². The molecule has 0 unspecified atom stereocenters. The van der Waals surface area contributed by atoms with Gasteiger partial charge in [-0.1, -0.05) is 20.8 Å². The maximum absolute atomic E-state index is 6.55. The Labute approximate surface area is 132 Å². The molecule has 0 saturated carbocycles. The Bertz CT molecular complexity index is 447. The van der Waals surface area contributed by atoms with Gasteiger partial charge >= 0.3 is 0 Å².